The fraction of sp³-hybridized carbons (Fsp3) is 0.250. The number of β-lactam (4-membered cyclic amide) rings is 1. The van der Waals surface area contributed by atoms with Crippen LogP contribution in [0.25, 0.3) is 0 Å². The zero-order chi connectivity index (χ0) is 21.3. The fourth-order valence-electron chi connectivity index (χ4n) is 2.72. The number of carbonyl (C=O) groups excluding carboxylic acids is 3. The summed E-state index contributed by atoms with van der Waals surface area (Å²) in [6.07, 6.45) is 1.39. The number of thiazole rings is 1. The van der Waals surface area contributed by atoms with Crippen molar-refractivity contribution in [3.63, 3.8) is 0 Å². The highest BCUT2D eigenvalue weighted by molar-refractivity contribution is 8.00. The second kappa shape index (κ2) is 9.28. The zero-order valence-corrected chi connectivity index (χ0v) is 17.8. The van der Waals surface area contributed by atoms with Crippen molar-refractivity contribution in [2.24, 2.45) is 5.16 Å². The van der Waals surface area contributed by atoms with Crippen molar-refractivity contribution in [1.82, 2.24) is 15.2 Å². The maximum absolute atomic E-state index is 12.7. The molecule has 4 N–H and O–H groups in total. The van der Waals surface area contributed by atoms with Gasteiger partial charge in [0.15, 0.2) is 10.8 Å². The molecule has 0 spiro atoms. The molecule has 1 saturated heterocycles. The molecule has 3 heterocycles. The Balaban J connectivity index is 0.00000320. The van der Waals surface area contributed by atoms with Gasteiger partial charge in [0.2, 0.25) is 0 Å². The lowest BCUT2D eigenvalue weighted by molar-refractivity contribution is -0.150. The summed E-state index contributed by atoms with van der Waals surface area (Å²) in [5.74, 6) is -3.08. The lowest BCUT2D eigenvalue weighted by Gasteiger charge is -2.49. The van der Waals surface area contributed by atoms with Crippen LogP contribution in [-0.4, -0.2) is 61.6 Å². The maximum atomic E-state index is 12.7. The van der Waals surface area contributed by atoms with E-state index in [1.807, 2.05) is 0 Å². The van der Waals surface area contributed by atoms with Crippen LogP contribution in [0, 0.1) is 0 Å². The summed E-state index contributed by atoms with van der Waals surface area (Å²) in [5.41, 5.74) is 5.58. The summed E-state index contributed by atoms with van der Waals surface area (Å²) in [7, 11) is 0. The third-order valence-corrected chi connectivity index (χ3v) is 5.95. The van der Waals surface area contributed by atoms with Gasteiger partial charge in [0.05, 0.1) is 0 Å². The van der Waals surface area contributed by atoms with E-state index in [0.717, 1.165) is 23.2 Å². The molecule has 160 valence electrons. The molecule has 0 aromatic carbocycles. The molecular formula is C16H16ClN5O6S2. The summed E-state index contributed by atoms with van der Waals surface area (Å²) in [4.78, 5) is 57.4. The summed E-state index contributed by atoms with van der Waals surface area (Å²) in [5, 5.41) is 16.5. The average molecular weight is 474 g/mol. The number of nitrogen functional groups attached to an aromatic ring is 1. The monoisotopic (exact) mass is 473 g/mol. The Morgan fingerprint density at radius 2 is 2.20 bits per heavy atom. The number of carbonyl (C=O) groups is 4. The van der Waals surface area contributed by atoms with E-state index in [0.29, 0.717) is 11.3 Å². The van der Waals surface area contributed by atoms with E-state index >= 15 is 0 Å². The van der Waals surface area contributed by atoms with Crippen molar-refractivity contribution in [2.45, 2.75) is 18.3 Å². The van der Waals surface area contributed by atoms with Crippen molar-refractivity contribution in [2.75, 3.05) is 11.5 Å². The molecule has 0 bridgehead atoms. The molecule has 1 aromatic heterocycles. The van der Waals surface area contributed by atoms with Crippen molar-refractivity contribution in [3.8, 4) is 0 Å². The van der Waals surface area contributed by atoms with Gasteiger partial charge in [-0.3, -0.25) is 14.5 Å². The SMILES string of the molecule is C=CC1=C(C(=O)O)N2C(=O)C(NC(=O)C(=NOC(C)=O)c3csc(N)n3)[C@H]2SC1.Cl. The molecule has 1 aromatic rings. The molecule has 0 aliphatic carbocycles. The van der Waals surface area contributed by atoms with Crippen LogP contribution in [0.15, 0.2) is 34.5 Å². The van der Waals surface area contributed by atoms with E-state index in [9.17, 15) is 24.3 Å². The van der Waals surface area contributed by atoms with Gasteiger partial charge in [-0.2, -0.15) is 0 Å². The molecule has 0 radical (unpaired) electrons. The fourth-order valence-corrected chi connectivity index (χ4v) is 4.61. The first-order valence-electron chi connectivity index (χ1n) is 8.06. The van der Waals surface area contributed by atoms with Crippen LogP contribution in [0.5, 0.6) is 0 Å². The van der Waals surface area contributed by atoms with Crippen molar-refractivity contribution in [3.05, 3.63) is 35.0 Å². The van der Waals surface area contributed by atoms with Gasteiger partial charge in [0.25, 0.3) is 11.8 Å². The Morgan fingerprint density at radius 1 is 1.50 bits per heavy atom. The summed E-state index contributed by atoms with van der Waals surface area (Å²) in [6, 6.07) is -0.980. The second-order valence-electron chi connectivity index (χ2n) is 5.84. The van der Waals surface area contributed by atoms with Crippen LogP contribution in [0.3, 0.4) is 0 Å². The summed E-state index contributed by atoms with van der Waals surface area (Å²) >= 11 is 2.34. The summed E-state index contributed by atoms with van der Waals surface area (Å²) < 4.78 is 0. The third-order valence-electron chi connectivity index (χ3n) is 3.98. The first-order valence-corrected chi connectivity index (χ1v) is 9.98. The number of hydrogen-bond acceptors (Lipinski definition) is 10. The molecule has 14 heteroatoms. The van der Waals surface area contributed by atoms with Gasteiger partial charge in [-0.15, -0.1) is 35.5 Å². The molecule has 11 nitrogen and oxygen atoms in total. The van der Waals surface area contributed by atoms with Crippen LogP contribution in [0.4, 0.5) is 5.13 Å². The van der Waals surface area contributed by atoms with E-state index in [2.05, 4.69) is 26.9 Å². The Bertz CT molecular complexity index is 991. The zero-order valence-electron chi connectivity index (χ0n) is 15.4. The number of fused-ring (bicyclic) bond motifs is 1. The highest BCUT2D eigenvalue weighted by atomic mass is 35.5. The smallest absolute Gasteiger partial charge is 0.352 e. The molecule has 1 unspecified atom stereocenters. The van der Waals surface area contributed by atoms with E-state index in [1.165, 1.54) is 23.2 Å². The number of carboxylic acids is 1. The number of anilines is 1. The van der Waals surface area contributed by atoms with Crippen molar-refractivity contribution < 1.29 is 29.1 Å². The number of amides is 2. The van der Waals surface area contributed by atoms with Crippen LogP contribution >= 0.6 is 35.5 Å². The minimum Gasteiger partial charge on any atom is -0.477 e. The van der Waals surface area contributed by atoms with Gasteiger partial charge in [-0.25, -0.2) is 14.6 Å². The number of halogens is 1. The number of nitrogens with two attached hydrogens (primary N) is 1. The Labute approximate surface area is 184 Å². The van der Waals surface area contributed by atoms with Crippen molar-refractivity contribution in [1.29, 1.82) is 0 Å². The predicted molar refractivity (Wildman–Crippen MR) is 112 cm³/mol. The van der Waals surface area contributed by atoms with Crippen LogP contribution in [0.1, 0.15) is 12.6 Å². The molecule has 30 heavy (non-hydrogen) atoms. The van der Waals surface area contributed by atoms with Gasteiger partial charge in [-0.05, 0) is 5.57 Å². The second-order valence-corrected chi connectivity index (χ2v) is 7.83. The first kappa shape index (κ1) is 23.4. The number of allylic oxidation sites excluding steroid dienone is 1. The highest BCUT2D eigenvalue weighted by Crippen LogP contribution is 2.40. The standard InChI is InChI=1S/C16H15N5O6S2.ClH/c1-3-7-4-28-14-10(13(24)21(14)11(7)15(25)26)19-12(23)9(20-27-6(2)22)8-5-29-16(17)18-8;/h3,5,10,14H,1,4H2,2H3,(H2,17,18)(H,19,23)(H,25,26);1H/t10?,14-;/m1./s1. The van der Waals surface area contributed by atoms with Gasteiger partial charge >= 0.3 is 11.9 Å². The molecule has 0 saturated carbocycles. The number of nitrogens with one attached hydrogen (secondary N) is 1. The van der Waals surface area contributed by atoms with Crippen molar-refractivity contribution >= 4 is 70.1 Å². The maximum Gasteiger partial charge on any atom is 0.352 e. The highest BCUT2D eigenvalue weighted by Gasteiger charge is 2.54. The lowest BCUT2D eigenvalue weighted by Crippen LogP contribution is -2.71. The normalized spacial score (nSPS) is 20.5. The summed E-state index contributed by atoms with van der Waals surface area (Å²) in [6.45, 7) is 4.68. The Hall–Kier alpha value is -2.90. The van der Waals surface area contributed by atoms with Gasteiger partial charge in [-0.1, -0.05) is 17.8 Å². The number of rotatable bonds is 6. The molecule has 2 aliphatic heterocycles. The third kappa shape index (κ3) is 4.32. The van der Waals surface area contributed by atoms with Gasteiger partial charge < -0.3 is 21.0 Å². The van der Waals surface area contributed by atoms with E-state index in [4.69, 9.17) is 5.73 Å². The average Bonchev–Trinajstić information content (AvgIpc) is 3.10. The number of carboxylic acid groups (broad SMARTS) is 1. The van der Waals surface area contributed by atoms with Crippen LogP contribution < -0.4 is 11.1 Å². The van der Waals surface area contributed by atoms with Crippen LogP contribution in [-0.2, 0) is 24.0 Å². The van der Waals surface area contributed by atoms with Gasteiger partial charge in [0.1, 0.15) is 22.8 Å². The predicted octanol–water partition coefficient (Wildman–Crippen LogP) is 0.339. The number of nitrogens with zero attached hydrogens (tertiary/aromatic N) is 3. The Kier molecular flexibility index (Phi) is 7.23. The minimum absolute atomic E-state index is 0. The van der Waals surface area contributed by atoms with Gasteiger partial charge in [0, 0.05) is 18.1 Å². The first-order chi connectivity index (χ1) is 13.7. The minimum atomic E-state index is -1.25. The molecular weight excluding hydrogens is 458 g/mol. The number of hydrogen-bond donors (Lipinski definition) is 3. The van der Waals surface area contributed by atoms with E-state index in [1.54, 1.807) is 0 Å². The lowest BCUT2D eigenvalue weighted by atomic mass is 10.0. The molecule has 3 rings (SSSR count). The quantitative estimate of drug-likeness (QED) is 0.228. The number of aliphatic carboxylic acids is 1. The van der Waals surface area contributed by atoms with Crippen LogP contribution in [0.2, 0.25) is 0 Å². The number of aromatic nitrogens is 1. The molecule has 2 aliphatic rings. The number of oxime groups is 1. The van der Waals surface area contributed by atoms with E-state index in [-0.39, 0.29) is 34.6 Å². The topological polar surface area (TPSA) is 164 Å². The molecule has 2 amide bonds. The van der Waals surface area contributed by atoms with E-state index < -0.39 is 35.2 Å². The largest absolute Gasteiger partial charge is 0.477 e. The Morgan fingerprint density at radius 3 is 2.73 bits per heavy atom. The molecule has 2 atom stereocenters. The molecule has 1 fully saturated rings. The number of thioether (sulfide) groups is 1.